The van der Waals surface area contributed by atoms with Gasteiger partial charge in [-0.3, -0.25) is 14.5 Å². The molecule has 2 amide bonds. The van der Waals surface area contributed by atoms with Gasteiger partial charge in [-0.15, -0.1) is 0 Å². The molecule has 1 aliphatic rings. The molecule has 1 aliphatic heterocycles. The third-order valence-electron chi connectivity index (χ3n) is 2.55. The van der Waals surface area contributed by atoms with Crippen LogP contribution in [0.4, 0.5) is 0 Å². The molecule has 0 radical (unpaired) electrons. The van der Waals surface area contributed by atoms with Crippen molar-refractivity contribution >= 4 is 25.3 Å². The van der Waals surface area contributed by atoms with Crippen LogP contribution in [0.3, 0.4) is 0 Å². The summed E-state index contributed by atoms with van der Waals surface area (Å²) in [4.78, 5) is 35.4. The molecule has 0 aromatic carbocycles. The summed E-state index contributed by atoms with van der Waals surface area (Å²) in [5, 5.41) is 0.218. The van der Waals surface area contributed by atoms with E-state index in [0.717, 1.165) is 0 Å². The molecular weight excluding hydrogens is 210 g/mol. The third-order valence-corrected chi connectivity index (χ3v) is 4.48. The molecule has 0 bridgehead atoms. The van der Waals surface area contributed by atoms with Crippen LogP contribution in [-0.2, 0) is 14.4 Å². The molecule has 0 spiro atoms. The number of hydrogen-bond acceptors (Lipinski definition) is 3. The quantitative estimate of drug-likeness (QED) is 0.531. The summed E-state index contributed by atoms with van der Waals surface area (Å²) < 4.78 is 0. The Morgan fingerprint density at radius 2 is 1.67 bits per heavy atom. The Morgan fingerprint density at radius 1 is 1.20 bits per heavy atom. The van der Waals surface area contributed by atoms with E-state index in [4.69, 9.17) is 0 Å². The Bertz CT molecular complexity index is 290. The molecule has 15 heavy (non-hydrogen) atoms. The summed E-state index contributed by atoms with van der Waals surface area (Å²) in [6.07, 6.45) is 0.938. The van der Waals surface area contributed by atoms with Crippen molar-refractivity contribution in [3.63, 3.8) is 0 Å². The molecule has 1 rings (SSSR count). The van der Waals surface area contributed by atoms with Crippen LogP contribution in [0.1, 0.15) is 19.3 Å². The van der Waals surface area contributed by atoms with Crippen LogP contribution < -0.4 is 0 Å². The number of nitrogens with zero attached hydrogens (tertiary/aromatic N) is 1. The number of hydrogen-bond donors (Lipinski definition) is 0. The van der Waals surface area contributed by atoms with Crippen molar-refractivity contribution in [3.05, 3.63) is 0 Å². The summed E-state index contributed by atoms with van der Waals surface area (Å²) in [7, 11) is -1.76. The van der Waals surface area contributed by atoms with Crippen molar-refractivity contribution in [1.29, 1.82) is 0 Å². The van der Waals surface area contributed by atoms with E-state index in [1.165, 1.54) is 4.90 Å². The van der Waals surface area contributed by atoms with Gasteiger partial charge in [-0.2, -0.15) is 0 Å². The molecule has 5 heteroatoms. The maximum absolute atomic E-state index is 11.6. The maximum Gasteiger partial charge on any atom is 0.229 e. The first-order valence-electron chi connectivity index (χ1n) is 5.19. The highest BCUT2D eigenvalue weighted by Crippen LogP contribution is 2.13. The lowest BCUT2D eigenvalue weighted by Gasteiger charge is -2.17. The molecule has 4 nitrogen and oxygen atoms in total. The fraction of sp³-hybridized carbons (Fsp3) is 0.700. The molecule has 0 saturated carbocycles. The van der Waals surface area contributed by atoms with E-state index in [1.807, 2.05) is 19.6 Å². The van der Waals surface area contributed by atoms with Gasteiger partial charge in [0.25, 0.3) is 0 Å². The fourth-order valence-corrected chi connectivity index (χ4v) is 2.32. The van der Waals surface area contributed by atoms with Crippen LogP contribution in [-0.4, -0.2) is 36.7 Å². The summed E-state index contributed by atoms with van der Waals surface area (Å²) in [6, 6.07) is 0. The largest absolute Gasteiger partial charge is 0.305 e. The average Bonchev–Trinajstić information content (AvgIpc) is 2.41. The molecule has 0 aromatic heterocycles. The minimum atomic E-state index is -1.76. The van der Waals surface area contributed by atoms with E-state index in [1.54, 1.807) is 0 Å². The lowest BCUT2D eigenvalue weighted by Crippen LogP contribution is -2.38. The first-order chi connectivity index (χ1) is 6.82. The second-order valence-corrected chi connectivity index (χ2v) is 9.92. The topological polar surface area (TPSA) is 54.5 Å². The van der Waals surface area contributed by atoms with Gasteiger partial charge >= 0.3 is 0 Å². The van der Waals surface area contributed by atoms with E-state index in [2.05, 4.69) is 0 Å². The van der Waals surface area contributed by atoms with Crippen LogP contribution in [0.5, 0.6) is 0 Å². The summed E-state index contributed by atoms with van der Waals surface area (Å²) in [6.45, 7) is 6.20. The number of carbonyl (C=O) groups is 3. The Hall–Kier alpha value is -0.973. The van der Waals surface area contributed by atoms with E-state index >= 15 is 0 Å². The zero-order chi connectivity index (χ0) is 11.6. The molecule has 0 aromatic rings. The second-order valence-electron chi connectivity index (χ2n) is 4.86. The van der Waals surface area contributed by atoms with E-state index < -0.39 is 8.07 Å². The predicted molar refractivity (Wildman–Crippen MR) is 58.9 cm³/mol. The lowest BCUT2D eigenvalue weighted by atomic mass is 10.4. The molecule has 0 atom stereocenters. The van der Waals surface area contributed by atoms with Gasteiger partial charge in [0.1, 0.15) is 13.5 Å². The number of likely N-dealkylation sites (tertiary alicyclic amines) is 1. The van der Waals surface area contributed by atoms with Gasteiger partial charge in [0, 0.05) is 25.8 Å². The van der Waals surface area contributed by atoms with Gasteiger partial charge in [-0.1, -0.05) is 19.6 Å². The molecule has 0 N–H and O–H groups in total. The van der Waals surface area contributed by atoms with Gasteiger partial charge in [0.2, 0.25) is 11.8 Å². The van der Waals surface area contributed by atoms with Crippen LogP contribution >= 0.6 is 0 Å². The molecule has 0 aliphatic carbocycles. The van der Waals surface area contributed by atoms with E-state index in [-0.39, 0.29) is 23.8 Å². The van der Waals surface area contributed by atoms with Crippen LogP contribution in [0.25, 0.3) is 0 Å². The number of rotatable bonds is 4. The Kier molecular flexibility index (Phi) is 3.44. The number of imide groups is 1. The minimum absolute atomic E-state index is 0.136. The van der Waals surface area contributed by atoms with Crippen molar-refractivity contribution < 1.29 is 14.4 Å². The van der Waals surface area contributed by atoms with Crippen LogP contribution in [0.2, 0.25) is 19.6 Å². The smallest absolute Gasteiger partial charge is 0.229 e. The normalized spacial score (nSPS) is 17.4. The Morgan fingerprint density at radius 3 is 2.07 bits per heavy atom. The highest BCUT2D eigenvalue weighted by atomic mass is 28.3. The summed E-state index contributed by atoms with van der Waals surface area (Å²) in [5.41, 5.74) is 0. The van der Waals surface area contributed by atoms with Crippen molar-refractivity contribution in [2.75, 3.05) is 6.54 Å². The maximum atomic E-state index is 11.6. The van der Waals surface area contributed by atoms with Crippen molar-refractivity contribution in [2.45, 2.75) is 38.9 Å². The van der Waals surface area contributed by atoms with Gasteiger partial charge in [0.15, 0.2) is 0 Å². The Labute approximate surface area is 90.6 Å². The third kappa shape index (κ3) is 2.99. The van der Waals surface area contributed by atoms with Crippen molar-refractivity contribution in [2.24, 2.45) is 0 Å². The first-order valence-corrected chi connectivity index (χ1v) is 8.69. The standard InChI is InChI=1S/C10H17NO3Si/c1-15(2,3)10(14)6-7-11-8(12)4-5-9(11)13/h4-7H2,1-3H3. The Balaban J connectivity index is 2.47. The second kappa shape index (κ2) is 4.26. The zero-order valence-corrected chi connectivity index (χ0v) is 10.5. The minimum Gasteiger partial charge on any atom is -0.305 e. The summed E-state index contributed by atoms with van der Waals surface area (Å²) >= 11 is 0. The zero-order valence-electron chi connectivity index (χ0n) is 9.50. The molecule has 1 saturated heterocycles. The first kappa shape index (κ1) is 12.1. The highest BCUT2D eigenvalue weighted by molar-refractivity contribution is 7.03. The van der Waals surface area contributed by atoms with Crippen LogP contribution in [0.15, 0.2) is 0 Å². The molecule has 1 heterocycles. The van der Waals surface area contributed by atoms with Crippen LogP contribution in [0, 0.1) is 0 Å². The van der Waals surface area contributed by atoms with Gasteiger partial charge < -0.3 is 4.79 Å². The van der Waals surface area contributed by atoms with Gasteiger partial charge in [-0.05, 0) is 0 Å². The molecule has 0 unspecified atom stereocenters. The number of carbonyl (C=O) groups excluding carboxylic acids is 3. The highest BCUT2D eigenvalue weighted by Gasteiger charge is 2.30. The predicted octanol–water partition coefficient (Wildman–Crippen LogP) is 0.972. The van der Waals surface area contributed by atoms with Gasteiger partial charge in [-0.25, -0.2) is 0 Å². The molecule has 84 valence electrons. The lowest BCUT2D eigenvalue weighted by molar-refractivity contribution is -0.138. The number of amides is 2. The SMILES string of the molecule is C[Si](C)(C)C(=O)CCN1C(=O)CCC1=O. The fourth-order valence-electron chi connectivity index (χ4n) is 1.46. The van der Waals surface area contributed by atoms with E-state index in [0.29, 0.717) is 19.3 Å². The monoisotopic (exact) mass is 227 g/mol. The molecule has 1 fully saturated rings. The summed E-state index contributed by atoms with van der Waals surface area (Å²) in [5.74, 6) is -0.272. The van der Waals surface area contributed by atoms with Crippen molar-refractivity contribution in [3.8, 4) is 0 Å². The average molecular weight is 227 g/mol. The van der Waals surface area contributed by atoms with Gasteiger partial charge in [0.05, 0.1) is 0 Å². The van der Waals surface area contributed by atoms with Crippen molar-refractivity contribution in [1.82, 2.24) is 4.90 Å². The molecular formula is C10H17NO3Si. The van der Waals surface area contributed by atoms with E-state index in [9.17, 15) is 14.4 Å².